The molecule has 10 nitrogen and oxygen atoms in total. The Bertz CT molecular complexity index is 1940. The van der Waals surface area contributed by atoms with E-state index in [-0.39, 0.29) is 18.5 Å². The van der Waals surface area contributed by atoms with Crippen LogP contribution in [0, 0.1) is 6.92 Å². The third-order valence-electron chi connectivity index (χ3n) is 7.90. The Labute approximate surface area is 276 Å². The number of pyridine rings is 1. The Morgan fingerprint density at radius 1 is 1.02 bits per heavy atom. The molecule has 46 heavy (non-hydrogen) atoms. The van der Waals surface area contributed by atoms with Crippen LogP contribution >= 0.6 is 22.9 Å². The summed E-state index contributed by atoms with van der Waals surface area (Å²) in [7, 11) is 1.91. The van der Waals surface area contributed by atoms with Crippen LogP contribution in [0.1, 0.15) is 38.8 Å². The second-order valence-corrected chi connectivity index (χ2v) is 13.8. The molecule has 1 aliphatic heterocycles. The number of carbonyl (C=O) groups excluding carboxylic acids is 2. The van der Waals surface area contributed by atoms with Crippen LogP contribution in [0.3, 0.4) is 0 Å². The summed E-state index contributed by atoms with van der Waals surface area (Å²) < 4.78 is 13.7. The highest BCUT2D eigenvalue weighted by Gasteiger charge is 2.28. The number of halogens is 1. The summed E-state index contributed by atoms with van der Waals surface area (Å²) >= 11 is 7.78. The van der Waals surface area contributed by atoms with Crippen LogP contribution in [-0.4, -0.2) is 75.1 Å². The molecule has 0 aliphatic carbocycles. The molecule has 0 bridgehead atoms. The maximum atomic E-state index is 12.7. The molecule has 0 radical (unpaired) electrons. The minimum Gasteiger partial charge on any atom is -0.466 e. The molecular weight excluding hydrogens is 624 g/mol. The second-order valence-electron chi connectivity index (χ2n) is 12.4. The predicted molar refractivity (Wildman–Crippen MR) is 183 cm³/mol. The predicted octanol–water partition coefficient (Wildman–Crippen LogP) is 7.04. The number of aromatic nitrogens is 4. The van der Waals surface area contributed by atoms with Crippen molar-refractivity contribution in [1.29, 1.82) is 0 Å². The highest BCUT2D eigenvalue weighted by Crippen LogP contribution is 2.41. The van der Waals surface area contributed by atoms with Gasteiger partial charge in [0, 0.05) is 43.8 Å². The van der Waals surface area contributed by atoms with E-state index in [4.69, 9.17) is 36.1 Å². The lowest BCUT2D eigenvalue weighted by atomic mass is 9.93. The van der Waals surface area contributed by atoms with Gasteiger partial charge in [-0.3, -0.25) is 9.48 Å². The fourth-order valence-electron chi connectivity index (χ4n) is 5.73. The van der Waals surface area contributed by atoms with Crippen LogP contribution in [0.15, 0.2) is 42.5 Å². The van der Waals surface area contributed by atoms with Gasteiger partial charge in [0.1, 0.15) is 16.1 Å². The maximum Gasteiger partial charge on any atom is 0.410 e. The van der Waals surface area contributed by atoms with E-state index >= 15 is 0 Å². The Kier molecular flexibility index (Phi) is 8.64. The fraction of sp³-hybridized carbons (Fsp3) is 0.382. The number of nitrogens with zero attached hydrogens (tertiary/aromatic N) is 6. The van der Waals surface area contributed by atoms with Gasteiger partial charge in [0.25, 0.3) is 0 Å². The molecule has 4 heterocycles. The summed E-state index contributed by atoms with van der Waals surface area (Å²) in [5.41, 5.74) is 6.50. The quantitative estimate of drug-likeness (QED) is 0.179. The van der Waals surface area contributed by atoms with Crippen molar-refractivity contribution in [3.8, 4) is 21.8 Å². The summed E-state index contributed by atoms with van der Waals surface area (Å²) in [5, 5.41) is 6.23. The Balaban J connectivity index is 1.37. The molecule has 1 amide bonds. The number of hydrogen-bond acceptors (Lipinski definition) is 9. The molecule has 0 unspecified atom stereocenters. The first-order valence-electron chi connectivity index (χ1n) is 15.3. The number of thiazole rings is 1. The molecule has 1 aliphatic rings. The molecule has 0 spiro atoms. The first kappa shape index (κ1) is 31.7. The molecule has 0 N–H and O–H groups in total. The summed E-state index contributed by atoms with van der Waals surface area (Å²) in [5.74, 6) is 0.506. The molecule has 240 valence electrons. The van der Waals surface area contributed by atoms with Gasteiger partial charge in [0.15, 0.2) is 5.82 Å². The van der Waals surface area contributed by atoms with Gasteiger partial charge in [-0.2, -0.15) is 5.10 Å². The normalized spacial score (nSPS) is 13.9. The Morgan fingerprint density at radius 3 is 2.41 bits per heavy atom. The van der Waals surface area contributed by atoms with E-state index in [2.05, 4.69) is 4.90 Å². The number of fused-ring (bicyclic) bond motifs is 2. The third-order valence-corrected chi connectivity index (χ3v) is 9.26. The zero-order valence-electron chi connectivity index (χ0n) is 26.9. The molecule has 1 fully saturated rings. The van der Waals surface area contributed by atoms with E-state index in [0.29, 0.717) is 37.8 Å². The van der Waals surface area contributed by atoms with Crippen LogP contribution in [0.4, 0.5) is 10.6 Å². The van der Waals surface area contributed by atoms with Crippen molar-refractivity contribution < 1.29 is 19.1 Å². The monoisotopic (exact) mass is 660 g/mol. The molecule has 0 saturated carbocycles. The zero-order valence-corrected chi connectivity index (χ0v) is 28.5. The van der Waals surface area contributed by atoms with Crippen LogP contribution in [0.25, 0.3) is 43.1 Å². The molecule has 2 aromatic carbocycles. The molecule has 6 rings (SSSR count). The number of benzene rings is 2. The molecule has 1 saturated heterocycles. The van der Waals surface area contributed by atoms with Crippen LogP contribution in [0.5, 0.6) is 0 Å². The lowest BCUT2D eigenvalue weighted by Crippen LogP contribution is -2.50. The van der Waals surface area contributed by atoms with Crippen molar-refractivity contribution in [3.05, 3.63) is 58.6 Å². The summed E-state index contributed by atoms with van der Waals surface area (Å²) in [6.07, 6.45) is -0.140. The number of hydrogen-bond donors (Lipinski definition) is 0. The van der Waals surface area contributed by atoms with Crippen molar-refractivity contribution in [2.24, 2.45) is 7.05 Å². The number of carbonyl (C=O) groups is 2. The molecular formula is C34H37ClN6O4S. The SMILES string of the molecule is CCOC(=O)Cc1c(C)cc2nc(-c3ccc4c(n3)c(N3CCN(C(=O)OC(C)(C)C)CC3)nn4C)sc2c1-c1ccc(Cl)cc1. The van der Waals surface area contributed by atoms with Crippen molar-refractivity contribution in [3.63, 3.8) is 0 Å². The van der Waals surface area contributed by atoms with Gasteiger partial charge < -0.3 is 19.3 Å². The highest BCUT2D eigenvalue weighted by molar-refractivity contribution is 7.22. The van der Waals surface area contributed by atoms with E-state index in [9.17, 15) is 9.59 Å². The lowest BCUT2D eigenvalue weighted by Gasteiger charge is -2.35. The average molecular weight is 661 g/mol. The maximum absolute atomic E-state index is 12.7. The van der Waals surface area contributed by atoms with Gasteiger partial charge in [0.05, 0.1) is 34.5 Å². The van der Waals surface area contributed by atoms with Crippen LogP contribution in [0.2, 0.25) is 5.02 Å². The number of piperazine rings is 1. The summed E-state index contributed by atoms with van der Waals surface area (Å²) in [6, 6.07) is 13.7. The number of rotatable bonds is 6. The van der Waals surface area contributed by atoms with Gasteiger partial charge in [-0.1, -0.05) is 23.7 Å². The van der Waals surface area contributed by atoms with Crippen molar-refractivity contribution in [2.45, 2.75) is 46.6 Å². The van der Waals surface area contributed by atoms with Gasteiger partial charge in [0.2, 0.25) is 0 Å². The first-order chi connectivity index (χ1) is 21.9. The molecule has 0 atom stereocenters. The van der Waals surface area contributed by atoms with Gasteiger partial charge in [-0.15, -0.1) is 11.3 Å². The average Bonchev–Trinajstić information content (AvgIpc) is 3.58. The van der Waals surface area contributed by atoms with Crippen molar-refractivity contribution in [1.82, 2.24) is 24.6 Å². The number of aryl methyl sites for hydroxylation is 2. The van der Waals surface area contributed by atoms with E-state index in [1.54, 1.807) is 16.2 Å². The molecule has 5 aromatic rings. The largest absolute Gasteiger partial charge is 0.466 e. The summed E-state index contributed by atoms with van der Waals surface area (Å²) in [6.45, 7) is 12.1. The summed E-state index contributed by atoms with van der Waals surface area (Å²) in [4.78, 5) is 39.3. The van der Waals surface area contributed by atoms with E-state index in [1.165, 1.54) is 0 Å². The van der Waals surface area contributed by atoms with Crippen molar-refractivity contribution >= 4 is 62.1 Å². The minimum atomic E-state index is -0.539. The number of ether oxygens (including phenoxy) is 2. The Hall–Kier alpha value is -4.22. The fourth-order valence-corrected chi connectivity index (χ4v) is 6.96. The Morgan fingerprint density at radius 2 is 1.74 bits per heavy atom. The van der Waals surface area contributed by atoms with E-state index < -0.39 is 5.60 Å². The number of esters is 1. The minimum absolute atomic E-state index is 0.158. The smallest absolute Gasteiger partial charge is 0.410 e. The van der Waals surface area contributed by atoms with Crippen LogP contribution in [-0.2, 0) is 27.7 Å². The topological polar surface area (TPSA) is 103 Å². The number of anilines is 1. The van der Waals surface area contributed by atoms with Gasteiger partial charge >= 0.3 is 12.1 Å². The molecule has 12 heteroatoms. The van der Waals surface area contributed by atoms with E-state index in [1.807, 2.05) is 88.8 Å². The molecule has 3 aromatic heterocycles. The second kappa shape index (κ2) is 12.5. The highest BCUT2D eigenvalue weighted by atomic mass is 35.5. The van der Waals surface area contributed by atoms with Crippen LogP contribution < -0.4 is 4.90 Å². The first-order valence-corrected chi connectivity index (χ1v) is 16.5. The lowest BCUT2D eigenvalue weighted by molar-refractivity contribution is -0.142. The zero-order chi connectivity index (χ0) is 32.7. The van der Waals surface area contributed by atoms with Gasteiger partial charge in [-0.05, 0) is 81.6 Å². The standard InChI is InChI=1S/C34H37ClN6O4S/c1-7-44-27(42)19-23-20(2)18-25-30(28(23)21-8-10-22(35)11-9-21)46-32(37-25)24-12-13-26-29(36-24)31(38-39(26)6)40-14-16-41(17-15-40)33(43)45-34(3,4)5/h8-13,18H,7,14-17,19H2,1-6H3. The third kappa shape index (κ3) is 6.39. The van der Waals surface area contributed by atoms with Crippen molar-refractivity contribution in [2.75, 3.05) is 37.7 Å². The van der Waals surface area contributed by atoms with E-state index in [0.717, 1.165) is 60.0 Å². The van der Waals surface area contributed by atoms with Gasteiger partial charge in [-0.25, -0.2) is 14.8 Å². The number of amides is 1.